The molecule has 0 aromatic rings. The van der Waals surface area contributed by atoms with E-state index in [9.17, 15) is 0 Å². The first-order chi connectivity index (χ1) is 7.58. The fourth-order valence-electron chi connectivity index (χ4n) is 3.65. The fraction of sp³-hybridized carbons (Fsp3) is 0.733. The van der Waals surface area contributed by atoms with Crippen molar-refractivity contribution in [1.29, 1.82) is 0 Å². The Morgan fingerprint density at radius 3 is 2.88 bits per heavy atom. The van der Waals surface area contributed by atoms with Gasteiger partial charge in [0.2, 0.25) is 0 Å². The number of hydrogen-bond acceptors (Lipinski definition) is 1. The molecule has 2 aliphatic rings. The van der Waals surface area contributed by atoms with Crippen LogP contribution >= 0.6 is 0 Å². The molecule has 0 amide bonds. The first kappa shape index (κ1) is 11.9. The largest absolute Gasteiger partial charge is 0.392 e. The molecular formula is C15H24O. The Balaban J connectivity index is 1.96. The zero-order valence-electron chi connectivity index (χ0n) is 10.6. The Morgan fingerprint density at radius 2 is 2.31 bits per heavy atom. The second kappa shape index (κ2) is 4.37. The van der Waals surface area contributed by atoms with Crippen LogP contribution in [0.2, 0.25) is 0 Å². The molecule has 0 aliphatic heterocycles. The number of aliphatic hydroxyl groups is 1. The van der Waals surface area contributed by atoms with E-state index in [-0.39, 0.29) is 6.61 Å². The molecule has 0 aromatic heterocycles. The minimum absolute atomic E-state index is 0.198. The van der Waals surface area contributed by atoms with Gasteiger partial charge in [-0.25, -0.2) is 0 Å². The molecule has 2 aliphatic carbocycles. The summed E-state index contributed by atoms with van der Waals surface area (Å²) in [6.45, 7) is 8.94. The zero-order valence-corrected chi connectivity index (χ0v) is 10.6. The second-order valence-corrected chi connectivity index (χ2v) is 5.90. The van der Waals surface area contributed by atoms with E-state index in [4.69, 9.17) is 5.11 Å². The van der Waals surface area contributed by atoms with Crippen molar-refractivity contribution in [3.63, 3.8) is 0 Å². The Kier molecular flexibility index (Phi) is 3.25. The Bertz CT molecular complexity index is 315. The van der Waals surface area contributed by atoms with Crippen LogP contribution in [0.4, 0.5) is 0 Å². The summed E-state index contributed by atoms with van der Waals surface area (Å²) in [5.41, 5.74) is 2.99. The predicted molar refractivity (Wildman–Crippen MR) is 68.2 cm³/mol. The molecule has 0 heterocycles. The van der Waals surface area contributed by atoms with Gasteiger partial charge < -0.3 is 5.11 Å². The summed E-state index contributed by atoms with van der Waals surface area (Å²) in [5, 5.41) is 8.96. The minimum Gasteiger partial charge on any atom is -0.392 e. The van der Waals surface area contributed by atoms with Crippen LogP contribution in [0, 0.1) is 17.3 Å². The number of allylic oxidation sites excluding steroid dienone is 2. The Hall–Kier alpha value is -0.560. The quantitative estimate of drug-likeness (QED) is 0.716. The van der Waals surface area contributed by atoms with Crippen LogP contribution in [0.25, 0.3) is 0 Å². The third-order valence-corrected chi connectivity index (χ3v) is 4.97. The van der Waals surface area contributed by atoms with Crippen molar-refractivity contribution in [3.8, 4) is 0 Å². The lowest BCUT2D eigenvalue weighted by molar-refractivity contribution is 0.240. The number of hydrogen-bond donors (Lipinski definition) is 1. The van der Waals surface area contributed by atoms with Gasteiger partial charge in [0.15, 0.2) is 0 Å². The number of rotatable bonds is 4. The summed E-state index contributed by atoms with van der Waals surface area (Å²) >= 11 is 0. The summed E-state index contributed by atoms with van der Waals surface area (Å²) in [5.74, 6) is 1.70. The molecular weight excluding hydrogens is 196 g/mol. The van der Waals surface area contributed by atoms with Gasteiger partial charge in [-0.15, -0.1) is 0 Å². The second-order valence-electron chi connectivity index (χ2n) is 5.90. The van der Waals surface area contributed by atoms with Crippen molar-refractivity contribution >= 4 is 0 Å². The van der Waals surface area contributed by atoms with Crippen LogP contribution in [0.3, 0.4) is 0 Å². The molecule has 1 heteroatoms. The highest BCUT2D eigenvalue weighted by atomic mass is 16.3. The third-order valence-electron chi connectivity index (χ3n) is 4.97. The highest BCUT2D eigenvalue weighted by molar-refractivity contribution is 5.24. The average molecular weight is 220 g/mol. The molecule has 0 spiro atoms. The molecule has 90 valence electrons. The van der Waals surface area contributed by atoms with Gasteiger partial charge in [0.1, 0.15) is 0 Å². The molecule has 2 rings (SSSR count). The fourth-order valence-corrected chi connectivity index (χ4v) is 3.65. The maximum Gasteiger partial charge on any atom is 0.0639 e. The molecule has 2 saturated carbocycles. The van der Waals surface area contributed by atoms with Gasteiger partial charge in [0.05, 0.1) is 6.61 Å². The van der Waals surface area contributed by atoms with E-state index >= 15 is 0 Å². The first-order valence-electron chi connectivity index (χ1n) is 6.53. The molecule has 1 nitrogen and oxygen atoms in total. The van der Waals surface area contributed by atoms with Crippen molar-refractivity contribution in [1.82, 2.24) is 0 Å². The molecule has 2 bridgehead atoms. The maximum absolute atomic E-state index is 8.96. The molecule has 1 N–H and O–H groups in total. The van der Waals surface area contributed by atoms with E-state index in [0.717, 1.165) is 23.8 Å². The van der Waals surface area contributed by atoms with E-state index in [1.54, 1.807) is 0 Å². The van der Waals surface area contributed by atoms with Crippen molar-refractivity contribution in [3.05, 3.63) is 23.8 Å². The zero-order chi connectivity index (χ0) is 11.8. The first-order valence-corrected chi connectivity index (χ1v) is 6.53. The molecule has 0 radical (unpaired) electrons. The van der Waals surface area contributed by atoms with Crippen LogP contribution in [0.5, 0.6) is 0 Å². The SMILES string of the molecule is C=C1[C@H]2CC[C@H](C2)[C@@]1(C)CC/C=C(/C)CO. The maximum atomic E-state index is 8.96. The van der Waals surface area contributed by atoms with E-state index in [0.29, 0.717) is 5.41 Å². The average Bonchev–Trinajstić information content (AvgIpc) is 2.83. The lowest BCUT2D eigenvalue weighted by Gasteiger charge is -2.36. The van der Waals surface area contributed by atoms with Crippen LogP contribution in [-0.2, 0) is 0 Å². The van der Waals surface area contributed by atoms with Crippen molar-refractivity contribution in [2.24, 2.45) is 17.3 Å². The summed E-state index contributed by atoms with van der Waals surface area (Å²) < 4.78 is 0. The smallest absolute Gasteiger partial charge is 0.0639 e. The van der Waals surface area contributed by atoms with Crippen molar-refractivity contribution in [2.75, 3.05) is 6.61 Å². The lowest BCUT2D eigenvalue weighted by atomic mass is 9.69. The summed E-state index contributed by atoms with van der Waals surface area (Å²) in [6.07, 6.45) is 8.66. The molecule has 0 aromatic carbocycles. The molecule has 0 unspecified atom stereocenters. The Labute approximate surface area is 99.3 Å². The van der Waals surface area contributed by atoms with Gasteiger partial charge >= 0.3 is 0 Å². The van der Waals surface area contributed by atoms with Gasteiger partial charge in [0.25, 0.3) is 0 Å². The van der Waals surface area contributed by atoms with E-state index in [2.05, 4.69) is 19.6 Å². The standard InChI is InChI=1S/C15H24O/c1-11(10-16)5-4-8-15(3)12(2)13-6-7-14(15)9-13/h5,13-14,16H,2,4,6-10H2,1,3H3/b11-5-/t13-,14+,15-/m0/s1. The summed E-state index contributed by atoms with van der Waals surface area (Å²) in [6, 6.07) is 0. The van der Waals surface area contributed by atoms with Gasteiger partial charge in [-0.3, -0.25) is 0 Å². The van der Waals surface area contributed by atoms with Crippen LogP contribution in [0.1, 0.15) is 46.0 Å². The Morgan fingerprint density at radius 1 is 1.56 bits per heavy atom. The van der Waals surface area contributed by atoms with Gasteiger partial charge in [-0.1, -0.05) is 30.7 Å². The molecule has 16 heavy (non-hydrogen) atoms. The van der Waals surface area contributed by atoms with E-state index < -0.39 is 0 Å². The summed E-state index contributed by atoms with van der Waals surface area (Å²) in [4.78, 5) is 0. The molecule has 3 atom stereocenters. The van der Waals surface area contributed by atoms with Gasteiger partial charge in [-0.05, 0) is 56.3 Å². The number of fused-ring (bicyclic) bond motifs is 2. The third kappa shape index (κ3) is 1.86. The minimum atomic E-state index is 0.198. The van der Waals surface area contributed by atoms with Crippen LogP contribution in [0.15, 0.2) is 23.8 Å². The van der Waals surface area contributed by atoms with Crippen LogP contribution in [-0.4, -0.2) is 11.7 Å². The molecule has 0 saturated heterocycles. The van der Waals surface area contributed by atoms with E-state index in [1.807, 2.05) is 6.92 Å². The monoisotopic (exact) mass is 220 g/mol. The highest BCUT2D eigenvalue weighted by Gasteiger charge is 2.49. The normalized spacial score (nSPS) is 38.4. The molecule has 2 fully saturated rings. The summed E-state index contributed by atoms with van der Waals surface area (Å²) in [7, 11) is 0. The van der Waals surface area contributed by atoms with Crippen molar-refractivity contribution in [2.45, 2.75) is 46.0 Å². The topological polar surface area (TPSA) is 20.2 Å². The van der Waals surface area contributed by atoms with Gasteiger partial charge in [-0.2, -0.15) is 0 Å². The number of aliphatic hydroxyl groups excluding tert-OH is 1. The van der Waals surface area contributed by atoms with Gasteiger partial charge in [0, 0.05) is 0 Å². The van der Waals surface area contributed by atoms with Crippen LogP contribution < -0.4 is 0 Å². The van der Waals surface area contributed by atoms with Crippen molar-refractivity contribution < 1.29 is 5.11 Å². The lowest BCUT2D eigenvalue weighted by Crippen LogP contribution is -2.26. The predicted octanol–water partition coefficient (Wildman–Crippen LogP) is 3.70. The highest BCUT2D eigenvalue weighted by Crippen LogP contribution is 2.60. The van der Waals surface area contributed by atoms with E-state index in [1.165, 1.54) is 31.3 Å².